The first-order valence-corrected chi connectivity index (χ1v) is 11.9. The molecule has 1 fully saturated rings. The molecule has 1 aliphatic heterocycles. The zero-order chi connectivity index (χ0) is 23.3. The van der Waals surface area contributed by atoms with Gasteiger partial charge in [0, 0.05) is 55.6 Å². The minimum atomic E-state index is 0.0942. The Morgan fingerprint density at radius 2 is 1.79 bits per heavy atom. The molecule has 4 aromatic heterocycles. The van der Waals surface area contributed by atoms with E-state index in [1.165, 1.54) is 11.3 Å². The van der Waals surface area contributed by atoms with E-state index >= 15 is 0 Å². The van der Waals surface area contributed by atoms with Crippen LogP contribution in [0.2, 0.25) is 0 Å². The van der Waals surface area contributed by atoms with Crippen molar-refractivity contribution in [2.24, 2.45) is 0 Å². The van der Waals surface area contributed by atoms with Crippen molar-refractivity contribution in [3.63, 3.8) is 0 Å². The number of anilines is 2. The molecule has 10 heteroatoms. The predicted molar refractivity (Wildman–Crippen MR) is 131 cm³/mol. The standard InChI is InChI=1S/C24H24N8OS/c1-16-3-2-4-18(28-16)23-27-10-8-21(31-23)29-20-7-9-26-22(30-20)15-17-5-6-19(34-17)24(33)32-13-11-25-12-14-32/h2-10,25H,11-15H2,1H3,(H,26,27,29,30,31). The number of nitrogens with zero attached hydrogens (tertiary/aromatic N) is 6. The number of piperazine rings is 1. The second-order valence-electron chi connectivity index (χ2n) is 7.90. The van der Waals surface area contributed by atoms with Gasteiger partial charge in [-0.15, -0.1) is 11.3 Å². The van der Waals surface area contributed by atoms with E-state index in [0.29, 0.717) is 29.7 Å². The average Bonchev–Trinajstić information content (AvgIpc) is 3.33. The van der Waals surface area contributed by atoms with Crippen molar-refractivity contribution in [2.75, 3.05) is 31.5 Å². The number of aromatic nitrogens is 5. The Balaban J connectivity index is 1.27. The van der Waals surface area contributed by atoms with Crippen molar-refractivity contribution in [3.05, 3.63) is 76.1 Å². The molecule has 0 spiro atoms. The van der Waals surface area contributed by atoms with Crippen LogP contribution < -0.4 is 10.6 Å². The summed E-state index contributed by atoms with van der Waals surface area (Å²) < 4.78 is 0. The molecule has 0 radical (unpaired) electrons. The summed E-state index contributed by atoms with van der Waals surface area (Å²) in [7, 11) is 0. The minimum absolute atomic E-state index is 0.0942. The van der Waals surface area contributed by atoms with Crippen LogP contribution in [0, 0.1) is 6.92 Å². The third kappa shape index (κ3) is 5.24. The van der Waals surface area contributed by atoms with Crippen LogP contribution in [0.5, 0.6) is 0 Å². The topological polar surface area (TPSA) is 109 Å². The highest BCUT2D eigenvalue weighted by Crippen LogP contribution is 2.22. The first-order chi connectivity index (χ1) is 16.6. The fraction of sp³-hybridized carbons (Fsp3) is 0.250. The molecule has 1 saturated heterocycles. The molecule has 5 rings (SSSR count). The zero-order valence-electron chi connectivity index (χ0n) is 18.7. The molecule has 0 bridgehead atoms. The zero-order valence-corrected chi connectivity index (χ0v) is 19.5. The van der Waals surface area contributed by atoms with Gasteiger partial charge in [-0.25, -0.2) is 24.9 Å². The van der Waals surface area contributed by atoms with Gasteiger partial charge in [0.15, 0.2) is 5.82 Å². The number of amides is 1. The molecule has 0 aromatic carbocycles. The van der Waals surface area contributed by atoms with Gasteiger partial charge in [0.25, 0.3) is 5.91 Å². The van der Waals surface area contributed by atoms with Gasteiger partial charge in [0.05, 0.1) is 4.88 Å². The van der Waals surface area contributed by atoms with Crippen molar-refractivity contribution in [1.82, 2.24) is 35.1 Å². The molecule has 5 heterocycles. The lowest BCUT2D eigenvalue weighted by molar-refractivity contribution is 0.0740. The number of hydrogen-bond acceptors (Lipinski definition) is 9. The lowest BCUT2D eigenvalue weighted by Crippen LogP contribution is -2.46. The van der Waals surface area contributed by atoms with E-state index in [1.807, 2.05) is 42.2 Å². The Hall–Kier alpha value is -3.76. The van der Waals surface area contributed by atoms with Gasteiger partial charge in [0.2, 0.25) is 0 Å². The first kappa shape index (κ1) is 22.1. The number of carbonyl (C=O) groups is 1. The van der Waals surface area contributed by atoms with Crippen molar-refractivity contribution in [2.45, 2.75) is 13.3 Å². The van der Waals surface area contributed by atoms with Crippen molar-refractivity contribution in [3.8, 4) is 11.5 Å². The number of pyridine rings is 1. The minimum Gasteiger partial charge on any atom is -0.335 e. The van der Waals surface area contributed by atoms with Crippen LogP contribution in [-0.2, 0) is 6.42 Å². The fourth-order valence-electron chi connectivity index (χ4n) is 3.67. The van der Waals surface area contributed by atoms with Gasteiger partial charge in [0.1, 0.15) is 23.2 Å². The van der Waals surface area contributed by atoms with E-state index in [-0.39, 0.29) is 5.91 Å². The second-order valence-corrected chi connectivity index (χ2v) is 9.07. The summed E-state index contributed by atoms with van der Waals surface area (Å²) >= 11 is 1.50. The molecule has 1 amide bonds. The number of hydrogen-bond donors (Lipinski definition) is 2. The Morgan fingerprint density at radius 3 is 2.62 bits per heavy atom. The molecular formula is C24H24N8OS. The smallest absolute Gasteiger partial charge is 0.264 e. The van der Waals surface area contributed by atoms with E-state index in [0.717, 1.165) is 47.3 Å². The highest BCUT2D eigenvalue weighted by molar-refractivity contribution is 7.14. The quantitative estimate of drug-likeness (QED) is 0.441. The van der Waals surface area contributed by atoms with Crippen molar-refractivity contribution >= 4 is 28.9 Å². The Labute approximate surface area is 201 Å². The highest BCUT2D eigenvalue weighted by Gasteiger charge is 2.19. The van der Waals surface area contributed by atoms with Crippen LogP contribution in [0.3, 0.4) is 0 Å². The number of thiophene rings is 1. The maximum atomic E-state index is 12.7. The third-order valence-corrected chi connectivity index (χ3v) is 6.42. The monoisotopic (exact) mass is 472 g/mol. The first-order valence-electron chi connectivity index (χ1n) is 11.1. The van der Waals surface area contributed by atoms with E-state index < -0.39 is 0 Å². The number of carbonyl (C=O) groups excluding carboxylic acids is 1. The van der Waals surface area contributed by atoms with Crippen molar-refractivity contribution < 1.29 is 4.79 Å². The molecule has 0 atom stereocenters. The predicted octanol–water partition coefficient (Wildman–Crippen LogP) is 3.08. The third-order valence-electron chi connectivity index (χ3n) is 5.34. The summed E-state index contributed by atoms with van der Waals surface area (Å²) in [5.41, 5.74) is 1.63. The summed E-state index contributed by atoms with van der Waals surface area (Å²) in [4.78, 5) is 38.9. The molecule has 0 unspecified atom stereocenters. The molecule has 34 heavy (non-hydrogen) atoms. The van der Waals surface area contributed by atoms with Crippen LogP contribution in [0.1, 0.15) is 26.1 Å². The van der Waals surface area contributed by atoms with Gasteiger partial charge in [-0.1, -0.05) is 6.07 Å². The molecule has 172 valence electrons. The molecule has 0 aliphatic carbocycles. The number of rotatable bonds is 6. The summed E-state index contributed by atoms with van der Waals surface area (Å²) in [5, 5.41) is 6.50. The Morgan fingerprint density at radius 1 is 1.00 bits per heavy atom. The van der Waals surface area contributed by atoms with Crippen LogP contribution in [0.25, 0.3) is 11.5 Å². The normalized spacial score (nSPS) is 13.6. The van der Waals surface area contributed by atoms with Crippen LogP contribution in [0.4, 0.5) is 11.6 Å². The number of aryl methyl sites for hydroxylation is 1. The van der Waals surface area contributed by atoms with Crippen LogP contribution >= 0.6 is 11.3 Å². The summed E-state index contributed by atoms with van der Waals surface area (Å²) in [6.45, 7) is 5.10. The molecule has 9 nitrogen and oxygen atoms in total. The SMILES string of the molecule is Cc1cccc(-c2nccc(Nc3ccnc(Cc4ccc(C(=O)N5CCNCC5)s4)n3)n2)n1. The van der Waals surface area contributed by atoms with Crippen LogP contribution in [-0.4, -0.2) is 61.9 Å². The van der Waals surface area contributed by atoms with Crippen LogP contribution in [0.15, 0.2) is 54.9 Å². The van der Waals surface area contributed by atoms with Gasteiger partial charge in [-0.05, 0) is 43.3 Å². The van der Waals surface area contributed by atoms with Gasteiger partial charge < -0.3 is 15.5 Å². The van der Waals surface area contributed by atoms with Gasteiger partial charge in [-0.2, -0.15) is 0 Å². The van der Waals surface area contributed by atoms with E-state index in [1.54, 1.807) is 24.5 Å². The van der Waals surface area contributed by atoms with E-state index in [9.17, 15) is 4.79 Å². The maximum Gasteiger partial charge on any atom is 0.264 e. The average molecular weight is 473 g/mol. The fourth-order valence-corrected chi connectivity index (χ4v) is 4.64. The lowest BCUT2D eigenvalue weighted by Gasteiger charge is -2.26. The molecule has 2 N–H and O–H groups in total. The van der Waals surface area contributed by atoms with Gasteiger partial charge in [-0.3, -0.25) is 4.79 Å². The Bertz CT molecular complexity index is 1300. The van der Waals surface area contributed by atoms with Gasteiger partial charge >= 0.3 is 0 Å². The largest absolute Gasteiger partial charge is 0.335 e. The summed E-state index contributed by atoms with van der Waals surface area (Å²) in [6, 6.07) is 13.2. The molecule has 1 aliphatic rings. The Kier molecular flexibility index (Phi) is 6.50. The second kappa shape index (κ2) is 10.0. The molecule has 4 aromatic rings. The summed E-state index contributed by atoms with van der Waals surface area (Å²) in [6.07, 6.45) is 3.96. The molecule has 0 saturated carbocycles. The van der Waals surface area contributed by atoms with Crippen molar-refractivity contribution in [1.29, 1.82) is 0 Å². The highest BCUT2D eigenvalue weighted by atomic mass is 32.1. The maximum absolute atomic E-state index is 12.7. The number of nitrogens with one attached hydrogen (secondary N) is 2. The van der Waals surface area contributed by atoms with E-state index in [2.05, 4.69) is 35.6 Å². The molecular weight excluding hydrogens is 448 g/mol. The lowest BCUT2D eigenvalue weighted by atomic mass is 10.3. The summed E-state index contributed by atoms with van der Waals surface area (Å²) in [5.74, 6) is 2.57. The van der Waals surface area contributed by atoms with E-state index in [4.69, 9.17) is 0 Å².